The molecule has 2 N–H and O–H groups in total. The highest BCUT2D eigenvalue weighted by atomic mass is 16.5. The van der Waals surface area contributed by atoms with E-state index in [2.05, 4.69) is 5.32 Å². The summed E-state index contributed by atoms with van der Waals surface area (Å²) in [5, 5.41) is 11.1. The number of hydrogen-bond donors (Lipinski definition) is 2. The molecule has 0 spiro atoms. The quantitative estimate of drug-likeness (QED) is 0.564. The minimum atomic E-state index is -1.23. The van der Waals surface area contributed by atoms with Gasteiger partial charge in [0.15, 0.2) is 12.9 Å². The van der Waals surface area contributed by atoms with E-state index < -0.39 is 24.5 Å². The summed E-state index contributed by atoms with van der Waals surface area (Å²) in [5.41, 5.74) is -0.140. The predicted molar refractivity (Wildman–Crippen MR) is 90.2 cm³/mol. The van der Waals surface area contributed by atoms with Gasteiger partial charge in [0.05, 0.1) is 17.2 Å². The molecule has 26 heavy (non-hydrogen) atoms. The Balaban J connectivity index is 3.04. The van der Waals surface area contributed by atoms with E-state index in [9.17, 15) is 24.0 Å². The van der Waals surface area contributed by atoms with Gasteiger partial charge in [-0.2, -0.15) is 0 Å². The number of carboxylic acid groups (broad SMARTS) is 1. The number of carboxylic acids is 1. The van der Waals surface area contributed by atoms with Crippen LogP contribution in [-0.2, 0) is 14.4 Å². The van der Waals surface area contributed by atoms with Crippen molar-refractivity contribution in [2.24, 2.45) is 0 Å². The Hall–Kier alpha value is -3.23. The minimum absolute atomic E-state index is 0.0304. The Labute approximate surface area is 149 Å². The summed E-state index contributed by atoms with van der Waals surface area (Å²) in [5.74, 6) is -2.17. The number of likely N-dealkylation sites (N-methyl/N-ethyl adjacent to an activating group) is 1. The molecule has 0 bridgehead atoms. The van der Waals surface area contributed by atoms with E-state index in [-0.39, 0.29) is 35.6 Å². The van der Waals surface area contributed by atoms with Gasteiger partial charge in [-0.25, -0.2) is 4.79 Å². The van der Waals surface area contributed by atoms with Crippen LogP contribution in [0.25, 0.3) is 0 Å². The maximum Gasteiger partial charge on any atom is 0.341 e. The molecule has 0 saturated carbocycles. The van der Waals surface area contributed by atoms with Crippen molar-refractivity contribution >= 4 is 30.4 Å². The molecule has 0 aromatic heterocycles. The number of aldehydes is 2. The van der Waals surface area contributed by atoms with E-state index in [0.29, 0.717) is 12.6 Å². The van der Waals surface area contributed by atoms with Crippen LogP contribution in [0.2, 0.25) is 0 Å². The second-order valence-corrected chi connectivity index (χ2v) is 5.35. The molecular weight excluding hydrogens is 344 g/mol. The SMILES string of the molecule is CNC(=O)CCC(C=O)N(C)C(=O)c1cccc(OCC(=O)O)c1C=O. The van der Waals surface area contributed by atoms with Crippen LogP contribution in [-0.4, -0.2) is 67.1 Å². The lowest BCUT2D eigenvalue weighted by Gasteiger charge is -2.24. The van der Waals surface area contributed by atoms with Crippen molar-refractivity contribution in [1.82, 2.24) is 10.2 Å². The first-order chi connectivity index (χ1) is 12.3. The van der Waals surface area contributed by atoms with E-state index >= 15 is 0 Å². The highest BCUT2D eigenvalue weighted by molar-refractivity contribution is 6.03. The molecule has 1 unspecified atom stereocenters. The molecule has 0 heterocycles. The third kappa shape index (κ3) is 5.40. The molecular formula is C17H20N2O7. The zero-order valence-corrected chi connectivity index (χ0v) is 14.4. The molecule has 140 valence electrons. The van der Waals surface area contributed by atoms with E-state index in [4.69, 9.17) is 9.84 Å². The van der Waals surface area contributed by atoms with Gasteiger partial charge in [0.2, 0.25) is 5.91 Å². The van der Waals surface area contributed by atoms with E-state index in [1.807, 2.05) is 0 Å². The number of nitrogens with zero attached hydrogens (tertiary/aromatic N) is 1. The first-order valence-corrected chi connectivity index (χ1v) is 7.71. The number of carbonyl (C=O) groups is 5. The lowest BCUT2D eigenvalue weighted by atomic mass is 10.0. The molecule has 0 aliphatic rings. The molecule has 1 atom stereocenters. The fourth-order valence-electron chi connectivity index (χ4n) is 2.21. The van der Waals surface area contributed by atoms with Crippen LogP contribution in [0.15, 0.2) is 18.2 Å². The fourth-order valence-corrected chi connectivity index (χ4v) is 2.21. The minimum Gasteiger partial charge on any atom is -0.481 e. The number of hydrogen-bond acceptors (Lipinski definition) is 6. The van der Waals surface area contributed by atoms with Gasteiger partial charge in [0.25, 0.3) is 5.91 Å². The summed E-state index contributed by atoms with van der Waals surface area (Å²) in [7, 11) is 2.84. The van der Waals surface area contributed by atoms with Crippen molar-refractivity contribution in [3.8, 4) is 5.75 Å². The topological polar surface area (TPSA) is 130 Å². The molecule has 0 aliphatic heterocycles. The summed E-state index contributed by atoms with van der Waals surface area (Å²) >= 11 is 0. The number of amides is 2. The summed E-state index contributed by atoms with van der Waals surface area (Å²) in [6, 6.07) is 3.32. The van der Waals surface area contributed by atoms with Crippen molar-refractivity contribution in [2.45, 2.75) is 18.9 Å². The first kappa shape index (κ1) is 20.8. The zero-order valence-electron chi connectivity index (χ0n) is 14.4. The van der Waals surface area contributed by atoms with Crippen LogP contribution >= 0.6 is 0 Å². The van der Waals surface area contributed by atoms with Crippen LogP contribution in [0.5, 0.6) is 5.75 Å². The molecule has 0 fully saturated rings. The molecule has 1 rings (SSSR count). The molecule has 2 amide bonds. The van der Waals surface area contributed by atoms with Gasteiger partial charge in [0, 0.05) is 20.5 Å². The standard InChI is InChI=1S/C17H20N2O7/c1-18-15(22)7-6-11(8-20)19(2)17(25)12-4-3-5-14(13(12)9-21)26-10-16(23)24/h3-5,8-9,11H,6-7,10H2,1-2H3,(H,18,22)(H,23,24). The Morgan fingerprint density at radius 3 is 2.54 bits per heavy atom. The summed E-state index contributed by atoms with van der Waals surface area (Å²) in [6.07, 6.45) is 1.11. The van der Waals surface area contributed by atoms with Crippen LogP contribution in [0.1, 0.15) is 33.6 Å². The van der Waals surface area contributed by atoms with Crippen molar-refractivity contribution in [3.05, 3.63) is 29.3 Å². The van der Waals surface area contributed by atoms with Gasteiger partial charge in [-0.15, -0.1) is 0 Å². The normalized spacial score (nSPS) is 11.2. The number of carbonyl (C=O) groups excluding carboxylic acids is 4. The van der Waals surface area contributed by atoms with Crippen molar-refractivity contribution in [2.75, 3.05) is 20.7 Å². The highest BCUT2D eigenvalue weighted by Crippen LogP contribution is 2.22. The Bertz CT molecular complexity index is 702. The highest BCUT2D eigenvalue weighted by Gasteiger charge is 2.24. The van der Waals surface area contributed by atoms with Crippen molar-refractivity contribution < 1.29 is 33.8 Å². The number of rotatable bonds is 10. The molecule has 0 saturated heterocycles. The third-order valence-electron chi connectivity index (χ3n) is 3.69. The smallest absolute Gasteiger partial charge is 0.341 e. The average molecular weight is 364 g/mol. The summed E-state index contributed by atoms with van der Waals surface area (Å²) in [6.45, 7) is -0.669. The van der Waals surface area contributed by atoms with Gasteiger partial charge in [-0.05, 0) is 18.6 Å². The Morgan fingerprint density at radius 1 is 1.31 bits per heavy atom. The van der Waals surface area contributed by atoms with Gasteiger partial charge in [-0.3, -0.25) is 14.4 Å². The molecule has 1 aromatic rings. The second-order valence-electron chi connectivity index (χ2n) is 5.35. The molecule has 9 heteroatoms. The summed E-state index contributed by atoms with van der Waals surface area (Å²) < 4.78 is 5.02. The fraction of sp³-hybridized carbons (Fsp3) is 0.353. The first-order valence-electron chi connectivity index (χ1n) is 7.71. The summed E-state index contributed by atoms with van der Waals surface area (Å²) in [4.78, 5) is 58.4. The van der Waals surface area contributed by atoms with Crippen LogP contribution < -0.4 is 10.1 Å². The lowest BCUT2D eigenvalue weighted by Crippen LogP contribution is -2.39. The number of ether oxygens (including phenoxy) is 1. The largest absolute Gasteiger partial charge is 0.481 e. The van der Waals surface area contributed by atoms with Gasteiger partial charge >= 0.3 is 5.97 Å². The number of aliphatic carboxylic acids is 1. The maximum atomic E-state index is 12.7. The van der Waals surface area contributed by atoms with Gasteiger partial charge in [-0.1, -0.05) is 6.07 Å². The van der Waals surface area contributed by atoms with E-state index in [0.717, 1.165) is 4.90 Å². The lowest BCUT2D eigenvalue weighted by molar-refractivity contribution is -0.139. The predicted octanol–water partition coefficient (Wildman–Crippen LogP) is 0.128. The number of nitrogens with one attached hydrogen (secondary N) is 1. The molecule has 0 radical (unpaired) electrons. The van der Waals surface area contributed by atoms with E-state index in [1.54, 1.807) is 0 Å². The van der Waals surface area contributed by atoms with Gasteiger partial charge in [0.1, 0.15) is 12.0 Å². The van der Waals surface area contributed by atoms with Crippen LogP contribution in [0, 0.1) is 0 Å². The second kappa shape index (κ2) is 9.92. The average Bonchev–Trinajstić information content (AvgIpc) is 2.65. The monoisotopic (exact) mass is 364 g/mol. The maximum absolute atomic E-state index is 12.7. The van der Waals surface area contributed by atoms with Crippen molar-refractivity contribution in [1.29, 1.82) is 0 Å². The number of benzene rings is 1. The van der Waals surface area contributed by atoms with E-state index in [1.165, 1.54) is 32.3 Å². The molecule has 0 aliphatic carbocycles. The molecule has 9 nitrogen and oxygen atoms in total. The molecule has 1 aromatic carbocycles. The van der Waals surface area contributed by atoms with Crippen LogP contribution in [0.4, 0.5) is 0 Å². The third-order valence-corrected chi connectivity index (χ3v) is 3.69. The van der Waals surface area contributed by atoms with Crippen LogP contribution in [0.3, 0.4) is 0 Å². The van der Waals surface area contributed by atoms with Gasteiger partial charge < -0.3 is 24.9 Å². The zero-order chi connectivity index (χ0) is 19.7. The Kier molecular flexibility index (Phi) is 7.94. The van der Waals surface area contributed by atoms with Crippen molar-refractivity contribution in [3.63, 3.8) is 0 Å². The Morgan fingerprint density at radius 2 is 2.00 bits per heavy atom.